The van der Waals surface area contributed by atoms with Crippen LogP contribution < -0.4 is 4.31 Å². The minimum atomic E-state index is -4.60. The standard InChI is InChI=1S/C17H15ClN2O8S/c1-27-16(21)10-19(11-7-8-13(18)12(9-11)17(22)28-2)29(25,26)15-6-4-3-5-14(15)20(23)24/h3-9H,10H2,1-2H3. The molecular weight excluding hydrogens is 428 g/mol. The number of anilines is 1. The number of sulfonamides is 1. The number of halogens is 1. The minimum absolute atomic E-state index is 0.0123. The molecule has 0 aromatic heterocycles. The van der Waals surface area contributed by atoms with E-state index in [4.69, 9.17) is 11.6 Å². The van der Waals surface area contributed by atoms with Crippen LogP contribution in [0.15, 0.2) is 47.4 Å². The van der Waals surface area contributed by atoms with E-state index < -0.39 is 44.0 Å². The van der Waals surface area contributed by atoms with E-state index in [0.717, 1.165) is 32.4 Å². The summed E-state index contributed by atoms with van der Waals surface area (Å²) in [5.41, 5.74) is -0.970. The highest BCUT2D eigenvalue weighted by molar-refractivity contribution is 7.93. The number of esters is 2. The Balaban J connectivity index is 2.71. The van der Waals surface area contributed by atoms with Crippen molar-refractivity contribution in [1.29, 1.82) is 0 Å². The molecule has 0 amide bonds. The average Bonchev–Trinajstić information content (AvgIpc) is 2.71. The molecule has 2 aromatic rings. The van der Waals surface area contributed by atoms with Gasteiger partial charge in [0, 0.05) is 6.07 Å². The number of nitro groups is 1. The van der Waals surface area contributed by atoms with Gasteiger partial charge in [0.2, 0.25) is 0 Å². The van der Waals surface area contributed by atoms with Gasteiger partial charge in [0.15, 0.2) is 4.90 Å². The highest BCUT2D eigenvalue weighted by atomic mass is 35.5. The van der Waals surface area contributed by atoms with E-state index in [0.29, 0.717) is 4.31 Å². The molecule has 154 valence electrons. The maximum atomic E-state index is 13.2. The Morgan fingerprint density at radius 1 is 1.14 bits per heavy atom. The molecule has 0 aliphatic carbocycles. The summed E-state index contributed by atoms with van der Waals surface area (Å²) in [6, 6.07) is 8.24. The van der Waals surface area contributed by atoms with Gasteiger partial charge >= 0.3 is 11.9 Å². The number of hydrogen-bond acceptors (Lipinski definition) is 8. The number of methoxy groups -OCH3 is 2. The lowest BCUT2D eigenvalue weighted by Gasteiger charge is -2.23. The maximum absolute atomic E-state index is 13.2. The van der Waals surface area contributed by atoms with Gasteiger partial charge in [-0.2, -0.15) is 0 Å². The molecule has 10 nitrogen and oxygen atoms in total. The Morgan fingerprint density at radius 3 is 2.38 bits per heavy atom. The second-order valence-corrected chi connectivity index (χ2v) is 7.71. The molecule has 0 bridgehead atoms. The summed E-state index contributed by atoms with van der Waals surface area (Å²) < 4.78 is 36.1. The smallest absolute Gasteiger partial charge is 0.339 e. The van der Waals surface area contributed by atoms with E-state index in [2.05, 4.69) is 9.47 Å². The van der Waals surface area contributed by atoms with E-state index >= 15 is 0 Å². The summed E-state index contributed by atoms with van der Waals surface area (Å²) in [5, 5.41) is 11.3. The van der Waals surface area contributed by atoms with Gasteiger partial charge in [0.25, 0.3) is 15.7 Å². The zero-order chi connectivity index (χ0) is 21.8. The fourth-order valence-corrected chi connectivity index (χ4v) is 4.13. The van der Waals surface area contributed by atoms with E-state index in [-0.39, 0.29) is 16.3 Å². The number of carbonyl (C=O) groups is 2. The first-order valence-electron chi connectivity index (χ1n) is 7.84. The summed E-state index contributed by atoms with van der Waals surface area (Å²) in [6.45, 7) is -0.798. The second-order valence-electron chi connectivity index (χ2n) is 5.47. The summed E-state index contributed by atoms with van der Waals surface area (Å²) in [7, 11) is -2.43. The van der Waals surface area contributed by atoms with Crippen LogP contribution in [0.5, 0.6) is 0 Å². The molecule has 0 saturated carbocycles. The molecule has 2 aromatic carbocycles. The Labute approximate surface area is 170 Å². The average molecular weight is 443 g/mol. The second kappa shape index (κ2) is 8.88. The summed E-state index contributed by atoms with van der Waals surface area (Å²) in [5.74, 6) is -1.76. The third-order valence-electron chi connectivity index (χ3n) is 3.77. The number of hydrogen-bond donors (Lipinski definition) is 0. The molecule has 0 unspecified atom stereocenters. The lowest BCUT2D eigenvalue weighted by molar-refractivity contribution is -0.387. The Hall–Kier alpha value is -3.18. The van der Waals surface area contributed by atoms with Crippen molar-refractivity contribution in [2.75, 3.05) is 25.1 Å². The lowest BCUT2D eigenvalue weighted by atomic mass is 10.2. The third-order valence-corrected chi connectivity index (χ3v) is 5.92. The van der Waals surface area contributed by atoms with Gasteiger partial charge in [-0.15, -0.1) is 0 Å². The van der Waals surface area contributed by atoms with Crippen molar-refractivity contribution in [3.05, 3.63) is 63.2 Å². The van der Waals surface area contributed by atoms with Crippen LogP contribution >= 0.6 is 11.6 Å². The number of rotatable bonds is 7. The third kappa shape index (κ3) is 4.63. The molecular formula is C17H15ClN2O8S. The molecule has 0 aliphatic rings. The number of carbonyl (C=O) groups excluding carboxylic acids is 2. The first-order chi connectivity index (χ1) is 13.6. The number of para-hydroxylation sites is 1. The van der Waals surface area contributed by atoms with E-state index in [9.17, 15) is 28.1 Å². The van der Waals surface area contributed by atoms with Crippen molar-refractivity contribution >= 4 is 44.9 Å². The molecule has 0 atom stereocenters. The number of nitro benzene ring substituents is 1. The molecule has 0 heterocycles. The van der Waals surface area contributed by atoms with Gasteiger partial charge < -0.3 is 9.47 Å². The number of nitrogens with zero attached hydrogens (tertiary/aromatic N) is 2. The van der Waals surface area contributed by atoms with E-state index in [1.54, 1.807) is 0 Å². The first-order valence-corrected chi connectivity index (χ1v) is 9.66. The summed E-state index contributed by atoms with van der Waals surface area (Å²) in [4.78, 5) is 33.5. The van der Waals surface area contributed by atoms with Crippen LogP contribution in [0.3, 0.4) is 0 Å². The van der Waals surface area contributed by atoms with Crippen LogP contribution in [0.25, 0.3) is 0 Å². The maximum Gasteiger partial charge on any atom is 0.339 e. The van der Waals surface area contributed by atoms with Crippen molar-refractivity contribution in [1.82, 2.24) is 0 Å². The van der Waals surface area contributed by atoms with Crippen molar-refractivity contribution in [2.45, 2.75) is 4.90 Å². The number of benzene rings is 2. The first kappa shape index (κ1) is 22.1. The predicted molar refractivity (Wildman–Crippen MR) is 102 cm³/mol. The van der Waals surface area contributed by atoms with Crippen LogP contribution in [0.4, 0.5) is 11.4 Å². The fourth-order valence-electron chi connectivity index (χ4n) is 2.38. The SMILES string of the molecule is COC(=O)CN(c1ccc(Cl)c(C(=O)OC)c1)S(=O)(=O)c1ccccc1[N+](=O)[O-]. The van der Waals surface area contributed by atoms with Gasteiger partial charge in [-0.3, -0.25) is 19.2 Å². The Bertz CT molecular complexity index is 1070. The summed E-state index contributed by atoms with van der Waals surface area (Å²) in [6.07, 6.45) is 0. The topological polar surface area (TPSA) is 133 Å². The van der Waals surface area contributed by atoms with E-state index in [1.807, 2.05) is 0 Å². The normalized spacial score (nSPS) is 10.9. The zero-order valence-electron chi connectivity index (χ0n) is 15.2. The molecule has 0 spiro atoms. The Kier molecular flexibility index (Phi) is 6.77. The monoisotopic (exact) mass is 442 g/mol. The molecule has 0 aliphatic heterocycles. The Morgan fingerprint density at radius 2 is 1.79 bits per heavy atom. The van der Waals surface area contributed by atoms with Crippen molar-refractivity contribution in [3.63, 3.8) is 0 Å². The van der Waals surface area contributed by atoms with Gasteiger partial charge in [-0.1, -0.05) is 23.7 Å². The van der Waals surface area contributed by atoms with Crippen LogP contribution in [0.2, 0.25) is 5.02 Å². The van der Waals surface area contributed by atoms with Crippen molar-refractivity contribution < 1.29 is 32.4 Å². The van der Waals surface area contributed by atoms with E-state index in [1.165, 1.54) is 24.3 Å². The van der Waals surface area contributed by atoms with Gasteiger partial charge in [0.1, 0.15) is 6.54 Å². The molecule has 12 heteroatoms. The molecule has 29 heavy (non-hydrogen) atoms. The predicted octanol–water partition coefficient (Wildman–Crippen LogP) is 2.40. The zero-order valence-corrected chi connectivity index (χ0v) is 16.8. The molecule has 0 N–H and O–H groups in total. The molecule has 0 radical (unpaired) electrons. The minimum Gasteiger partial charge on any atom is -0.468 e. The quantitative estimate of drug-likeness (QED) is 0.362. The molecule has 2 rings (SSSR count). The van der Waals surface area contributed by atoms with Crippen LogP contribution in [0.1, 0.15) is 10.4 Å². The van der Waals surface area contributed by atoms with Gasteiger partial charge in [0.05, 0.1) is 35.4 Å². The largest absolute Gasteiger partial charge is 0.468 e. The van der Waals surface area contributed by atoms with Crippen LogP contribution in [-0.4, -0.2) is 46.0 Å². The van der Waals surface area contributed by atoms with Crippen LogP contribution in [-0.2, 0) is 24.3 Å². The summed E-state index contributed by atoms with van der Waals surface area (Å²) >= 11 is 5.96. The van der Waals surface area contributed by atoms with Crippen molar-refractivity contribution in [2.24, 2.45) is 0 Å². The molecule has 0 fully saturated rings. The lowest BCUT2D eigenvalue weighted by Crippen LogP contribution is -2.36. The number of ether oxygens (including phenoxy) is 2. The highest BCUT2D eigenvalue weighted by Crippen LogP contribution is 2.32. The fraction of sp³-hybridized carbons (Fsp3) is 0.176. The van der Waals surface area contributed by atoms with Crippen molar-refractivity contribution in [3.8, 4) is 0 Å². The van der Waals surface area contributed by atoms with Gasteiger partial charge in [-0.05, 0) is 24.3 Å². The van der Waals surface area contributed by atoms with Gasteiger partial charge in [-0.25, -0.2) is 13.2 Å². The molecule has 0 saturated heterocycles. The van der Waals surface area contributed by atoms with Crippen LogP contribution in [0, 0.1) is 10.1 Å². The highest BCUT2D eigenvalue weighted by Gasteiger charge is 2.34.